The number of hydrogen-bond donors (Lipinski definition) is 1. The molecule has 2 aliphatic heterocycles. The van der Waals surface area contributed by atoms with Crippen molar-refractivity contribution in [1.29, 1.82) is 0 Å². The number of amides is 2. The van der Waals surface area contributed by atoms with Gasteiger partial charge in [0.2, 0.25) is 0 Å². The van der Waals surface area contributed by atoms with Crippen molar-refractivity contribution in [1.82, 2.24) is 19.6 Å². The van der Waals surface area contributed by atoms with Crippen molar-refractivity contribution < 1.29 is 22.7 Å². The van der Waals surface area contributed by atoms with Gasteiger partial charge in [-0.05, 0) is 12.1 Å². The number of aryl methyl sites for hydroxylation is 1. The summed E-state index contributed by atoms with van der Waals surface area (Å²) in [5.41, 5.74) is 0.0746. The third kappa shape index (κ3) is 4.02. The fraction of sp³-hybridized carbons (Fsp3) is 0.474. The number of urea groups is 1. The molecular weight excluding hydrogens is 387 g/mol. The van der Waals surface area contributed by atoms with Crippen molar-refractivity contribution in [2.75, 3.05) is 38.1 Å². The van der Waals surface area contributed by atoms with E-state index in [0.29, 0.717) is 50.8 Å². The van der Waals surface area contributed by atoms with Crippen LogP contribution >= 0.6 is 0 Å². The van der Waals surface area contributed by atoms with E-state index < -0.39 is 11.7 Å². The number of nitrogens with zero attached hydrogens (tertiary/aromatic N) is 4. The molecule has 7 nitrogen and oxygen atoms in total. The fourth-order valence-electron chi connectivity index (χ4n) is 3.85. The molecule has 0 bridgehead atoms. The molecule has 1 aromatic carbocycles. The number of carbonyl (C=O) groups excluding carboxylic acids is 1. The van der Waals surface area contributed by atoms with Gasteiger partial charge in [0.15, 0.2) is 0 Å². The Kier molecular flexibility index (Phi) is 5.12. The molecule has 2 aromatic rings. The van der Waals surface area contributed by atoms with Gasteiger partial charge in [0.1, 0.15) is 11.6 Å². The quantitative estimate of drug-likeness (QED) is 0.828. The molecule has 10 heteroatoms. The Balaban J connectivity index is 1.41. The van der Waals surface area contributed by atoms with Crippen LogP contribution in [0.2, 0.25) is 0 Å². The van der Waals surface area contributed by atoms with E-state index in [-0.39, 0.29) is 12.1 Å². The van der Waals surface area contributed by atoms with Crippen LogP contribution in [0, 0.1) is 0 Å². The second-order valence-electron chi connectivity index (χ2n) is 7.20. The van der Waals surface area contributed by atoms with Gasteiger partial charge in [-0.1, -0.05) is 6.07 Å². The van der Waals surface area contributed by atoms with Crippen molar-refractivity contribution in [3.63, 3.8) is 0 Å². The number of carbonyl (C=O) groups is 1. The number of halogens is 3. The predicted molar refractivity (Wildman–Crippen MR) is 99.7 cm³/mol. The highest BCUT2D eigenvalue weighted by Crippen LogP contribution is 2.40. The van der Waals surface area contributed by atoms with E-state index in [1.165, 1.54) is 6.07 Å². The summed E-state index contributed by atoms with van der Waals surface area (Å²) in [5.74, 6) is 0.920. The molecule has 3 heterocycles. The molecule has 0 radical (unpaired) electrons. The van der Waals surface area contributed by atoms with Crippen molar-refractivity contribution in [2.24, 2.45) is 7.05 Å². The minimum absolute atomic E-state index is 0.0108. The Morgan fingerprint density at radius 3 is 2.62 bits per heavy atom. The number of aromatic nitrogens is 2. The van der Waals surface area contributed by atoms with Crippen LogP contribution < -0.4 is 10.1 Å². The Bertz CT molecular complexity index is 890. The molecule has 1 unspecified atom stereocenters. The molecule has 1 N–H and O–H groups in total. The van der Waals surface area contributed by atoms with Gasteiger partial charge in [-0.25, -0.2) is 4.79 Å². The van der Waals surface area contributed by atoms with Gasteiger partial charge in [-0.2, -0.15) is 18.3 Å². The second-order valence-corrected chi connectivity index (χ2v) is 7.20. The third-order valence-electron chi connectivity index (χ3n) is 5.45. The lowest BCUT2D eigenvalue weighted by Crippen LogP contribution is -2.51. The number of fused-ring (bicyclic) bond motifs is 1. The molecule has 2 aliphatic rings. The fourth-order valence-corrected chi connectivity index (χ4v) is 3.85. The number of anilines is 1. The lowest BCUT2D eigenvalue weighted by Gasteiger charge is -2.41. The molecule has 156 valence electrons. The molecule has 1 saturated heterocycles. The number of alkyl halides is 3. The van der Waals surface area contributed by atoms with Crippen LogP contribution in [0.4, 0.5) is 23.8 Å². The summed E-state index contributed by atoms with van der Waals surface area (Å²) in [6.07, 6.45) is -2.07. The molecule has 1 aromatic heterocycles. The van der Waals surface area contributed by atoms with E-state index in [4.69, 9.17) is 4.74 Å². The van der Waals surface area contributed by atoms with Crippen LogP contribution in [0.25, 0.3) is 0 Å². The molecule has 0 spiro atoms. The number of hydrogen-bond acceptors (Lipinski definition) is 4. The van der Waals surface area contributed by atoms with Gasteiger partial charge >= 0.3 is 12.2 Å². The normalized spacial score (nSPS) is 20.1. The van der Waals surface area contributed by atoms with Crippen LogP contribution in [0.1, 0.15) is 23.6 Å². The van der Waals surface area contributed by atoms with E-state index in [0.717, 1.165) is 17.7 Å². The monoisotopic (exact) mass is 409 g/mol. The summed E-state index contributed by atoms with van der Waals surface area (Å²) < 4.78 is 46.0. The summed E-state index contributed by atoms with van der Waals surface area (Å²) in [4.78, 5) is 16.4. The van der Waals surface area contributed by atoms with Gasteiger partial charge in [0.05, 0.1) is 18.4 Å². The van der Waals surface area contributed by atoms with E-state index in [1.807, 2.05) is 0 Å². The maximum absolute atomic E-state index is 13.0. The molecule has 4 rings (SSSR count). The number of benzene rings is 1. The topological polar surface area (TPSA) is 62.6 Å². The molecule has 1 atom stereocenters. The first-order chi connectivity index (χ1) is 13.8. The molecule has 1 fully saturated rings. The zero-order valence-electron chi connectivity index (χ0n) is 15.9. The van der Waals surface area contributed by atoms with Gasteiger partial charge in [-0.3, -0.25) is 14.9 Å². The minimum Gasteiger partial charge on any atom is -0.493 e. The highest BCUT2D eigenvalue weighted by molar-refractivity contribution is 5.88. The lowest BCUT2D eigenvalue weighted by molar-refractivity contribution is -0.137. The molecule has 29 heavy (non-hydrogen) atoms. The predicted octanol–water partition coefficient (Wildman–Crippen LogP) is 3.11. The largest absolute Gasteiger partial charge is 0.493 e. The van der Waals surface area contributed by atoms with E-state index in [2.05, 4.69) is 15.3 Å². The van der Waals surface area contributed by atoms with Crippen LogP contribution in [0.15, 0.2) is 30.5 Å². The first kappa shape index (κ1) is 19.6. The maximum Gasteiger partial charge on any atom is 0.416 e. The van der Waals surface area contributed by atoms with Crippen molar-refractivity contribution >= 4 is 11.8 Å². The molecule has 0 aliphatic carbocycles. The van der Waals surface area contributed by atoms with Crippen LogP contribution in [0.5, 0.6) is 5.75 Å². The van der Waals surface area contributed by atoms with Gasteiger partial charge < -0.3 is 9.64 Å². The zero-order chi connectivity index (χ0) is 20.6. The van der Waals surface area contributed by atoms with Crippen LogP contribution in [-0.4, -0.2) is 58.4 Å². The van der Waals surface area contributed by atoms with E-state index in [1.54, 1.807) is 28.9 Å². The van der Waals surface area contributed by atoms with Gasteiger partial charge in [-0.15, -0.1) is 0 Å². The average Bonchev–Trinajstić information content (AvgIpc) is 3.11. The smallest absolute Gasteiger partial charge is 0.416 e. The molecule has 0 saturated carbocycles. The molecule has 2 amide bonds. The lowest BCUT2D eigenvalue weighted by atomic mass is 9.96. The third-order valence-corrected chi connectivity index (χ3v) is 5.45. The van der Waals surface area contributed by atoms with Crippen LogP contribution in [-0.2, 0) is 13.2 Å². The zero-order valence-corrected chi connectivity index (χ0v) is 15.9. The second kappa shape index (κ2) is 7.58. The standard InChI is InChI=1S/C19H22F3N5O2/c1-25-17(4-6-23-25)24-18(28)27-9-7-26(8-10-27)15-5-11-29-16-12-13(19(20,21)22)2-3-14(15)16/h2-4,6,12,15H,5,7-11H2,1H3,(H,24,28). The highest BCUT2D eigenvalue weighted by Gasteiger charge is 2.35. The Morgan fingerprint density at radius 2 is 1.97 bits per heavy atom. The Morgan fingerprint density at radius 1 is 1.21 bits per heavy atom. The SMILES string of the molecule is Cn1nccc1NC(=O)N1CCN(C2CCOc3cc(C(F)(F)F)ccc32)CC1. The number of nitrogens with one attached hydrogen (secondary N) is 1. The number of ether oxygens (including phenoxy) is 1. The van der Waals surface area contributed by atoms with Crippen LogP contribution in [0.3, 0.4) is 0 Å². The minimum atomic E-state index is -4.39. The first-order valence-corrected chi connectivity index (χ1v) is 9.45. The summed E-state index contributed by atoms with van der Waals surface area (Å²) in [7, 11) is 1.75. The van der Waals surface area contributed by atoms with Crippen molar-refractivity contribution in [3.05, 3.63) is 41.6 Å². The maximum atomic E-state index is 13.0. The van der Waals surface area contributed by atoms with Crippen molar-refractivity contribution in [2.45, 2.75) is 18.6 Å². The summed E-state index contributed by atoms with van der Waals surface area (Å²) >= 11 is 0. The van der Waals surface area contributed by atoms with E-state index in [9.17, 15) is 18.0 Å². The number of rotatable bonds is 2. The highest BCUT2D eigenvalue weighted by atomic mass is 19.4. The van der Waals surface area contributed by atoms with E-state index >= 15 is 0 Å². The van der Waals surface area contributed by atoms with Gasteiger partial charge in [0.25, 0.3) is 0 Å². The Labute approximate surface area is 166 Å². The first-order valence-electron chi connectivity index (χ1n) is 9.45. The molecular formula is C19H22F3N5O2. The summed E-state index contributed by atoms with van der Waals surface area (Å²) in [5, 5.41) is 6.86. The summed E-state index contributed by atoms with van der Waals surface area (Å²) in [6.45, 7) is 2.74. The van der Waals surface area contributed by atoms with Crippen molar-refractivity contribution in [3.8, 4) is 5.75 Å². The average molecular weight is 409 g/mol. The number of piperazine rings is 1. The Hall–Kier alpha value is -2.75. The van der Waals surface area contributed by atoms with Gasteiger partial charge in [0, 0.05) is 57.3 Å². The summed E-state index contributed by atoms with van der Waals surface area (Å²) in [6, 6.07) is 5.24.